The van der Waals surface area contributed by atoms with Gasteiger partial charge in [0.2, 0.25) is 11.8 Å². The van der Waals surface area contributed by atoms with Crippen molar-refractivity contribution in [2.45, 2.75) is 30.9 Å². The van der Waals surface area contributed by atoms with Gasteiger partial charge in [-0.3, -0.25) is 14.4 Å². The van der Waals surface area contributed by atoms with Crippen LogP contribution in [0.15, 0.2) is 61.2 Å². The van der Waals surface area contributed by atoms with Crippen molar-refractivity contribution >= 4 is 17.6 Å². The van der Waals surface area contributed by atoms with Gasteiger partial charge >= 0.3 is 0 Å². The molecule has 174 valence electrons. The number of carbonyl (C=O) groups excluding carboxylic acids is 3. The lowest BCUT2D eigenvalue weighted by Crippen LogP contribution is -2.44. The number of primary amides is 1. The van der Waals surface area contributed by atoms with Gasteiger partial charge in [0, 0.05) is 30.2 Å². The monoisotopic (exact) mass is 460 g/mol. The Labute approximate surface area is 195 Å². The number of hydrogen-bond donors (Lipinski definition) is 2. The summed E-state index contributed by atoms with van der Waals surface area (Å²) in [6.45, 7) is 0.406. The van der Waals surface area contributed by atoms with Crippen molar-refractivity contribution in [3.63, 3.8) is 0 Å². The highest BCUT2D eigenvalue weighted by Crippen LogP contribution is 2.34. The number of ketones is 1. The lowest BCUT2D eigenvalue weighted by Gasteiger charge is -2.28. The van der Waals surface area contributed by atoms with Gasteiger partial charge in [-0.15, -0.1) is 0 Å². The molecule has 3 aromatic rings. The number of aromatic nitrogens is 2. The normalized spacial score (nSPS) is 20.4. The van der Waals surface area contributed by atoms with Crippen LogP contribution >= 0.6 is 0 Å². The number of rotatable bonds is 6. The van der Waals surface area contributed by atoms with E-state index in [2.05, 4.69) is 4.98 Å². The average Bonchev–Trinajstić information content (AvgIpc) is 3.58. The van der Waals surface area contributed by atoms with E-state index in [0.29, 0.717) is 18.5 Å². The molecule has 0 aliphatic carbocycles. The Bertz CT molecular complexity index is 1240. The molecule has 9 nitrogen and oxygen atoms in total. The highest BCUT2D eigenvalue weighted by Gasteiger charge is 2.48. The van der Waals surface area contributed by atoms with E-state index in [1.807, 2.05) is 0 Å². The summed E-state index contributed by atoms with van der Waals surface area (Å²) in [5.41, 5.74) is 7.94. The van der Waals surface area contributed by atoms with Gasteiger partial charge < -0.3 is 25.0 Å². The number of benzene rings is 2. The Morgan fingerprint density at radius 3 is 2.71 bits per heavy atom. The van der Waals surface area contributed by atoms with Crippen LogP contribution in [0.1, 0.15) is 33.8 Å². The van der Waals surface area contributed by atoms with Crippen molar-refractivity contribution in [1.82, 2.24) is 14.5 Å². The van der Waals surface area contributed by atoms with Gasteiger partial charge in [0.25, 0.3) is 0 Å². The SMILES string of the molecule is NC(=O)c1ccc(-n2ccnc2)cc1C(Cc1ccc(O)cc1)C(=O)N1CCC2OCC(=O)C21. The molecule has 2 aromatic carbocycles. The van der Waals surface area contributed by atoms with Gasteiger partial charge in [-0.2, -0.15) is 0 Å². The summed E-state index contributed by atoms with van der Waals surface area (Å²) < 4.78 is 7.34. The maximum absolute atomic E-state index is 14.0. The Kier molecular flexibility index (Phi) is 5.62. The number of Topliss-reactive ketones (excluding diaryl/α,β-unsaturated/α-hetero) is 1. The number of aromatic hydroxyl groups is 1. The van der Waals surface area contributed by atoms with Crippen LogP contribution < -0.4 is 5.73 Å². The second-order valence-corrected chi connectivity index (χ2v) is 8.61. The number of likely N-dealkylation sites (tertiary alicyclic amines) is 1. The highest BCUT2D eigenvalue weighted by atomic mass is 16.5. The topological polar surface area (TPSA) is 128 Å². The Morgan fingerprint density at radius 1 is 1.21 bits per heavy atom. The predicted molar refractivity (Wildman–Crippen MR) is 121 cm³/mol. The van der Waals surface area contributed by atoms with Crippen molar-refractivity contribution in [3.8, 4) is 11.4 Å². The summed E-state index contributed by atoms with van der Waals surface area (Å²) in [6, 6.07) is 11.1. The minimum absolute atomic E-state index is 0.00436. The van der Waals surface area contributed by atoms with Crippen LogP contribution in [0.5, 0.6) is 5.75 Å². The van der Waals surface area contributed by atoms with Crippen LogP contribution in [-0.2, 0) is 20.7 Å². The smallest absolute Gasteiger partial charge is 0.249 e. The third-order valence-corrected chi connectivity index (χ3v) is 6.55. The summed E-state index contributed by atoms with van der Waals surface area (Å²) in [5, 5.41) is 9.68. The molecular weight excluding hydrogens is 436 g/mol. The summed E-state index contributed by atoms with van der Waals surface area (Å²) in [4.78, 5) is 44.5. The molecule has 2 fully saturated rings. The summed E-state index contributed by atoms with van der Waals surface area (Å²) in [7, 11) is 0. The third kappa shape index (κ3) is 3.94. The number of ether oxygens (including phenoxy) is 1. The molecule has 3 heterocycles. The van der Waals surface area contributed by atoms with Crippen LogP contribution in [0.2, 0.25) is 0 Å². The zero-order chi connectivity index (χ0) is 23.8. The fourth-order valence-corrected chi connectivity index (χ4v) is 4.87. The Hall–Kier alpha value is -3.98. The van der Waals surface area contributed by atoms with Crippen molar-refractivity contribution in [1.29, 1.82) is 0 Å². The zero-order valence-electron chi connectivity index (χ0n) is 18.3. The maximum Gasteiger partial charge on any atom is 0.249 e. The molecule has 3 unspecified atom stereocenters. The van der Waals surface area contributed by atoms with Gasteiger partial charge in [0.05, 0.1) is 18.3 Å². The molecule has 1 aromatic heterocycles. The van der Waals surface area contributed by atoms with Crippen molar-refractivity contribution in [3.05, 3.63) is 77.9 Å². The molecule has 0 bridgehead atoms. The van der Waals surface area contributed by atoms with E-state index in [9.17, 15) is 19.5 Å². The number of amides is 2. The third-order valence-electron chi connectivity index (χ3n) is 6.55. The lowest BCUT2D eigenvalue weighted by atomic mass is 9.86. The molecule has 34 heavy (non-hydrogen) atoms. The minimum Gasteiger partial charge on any atom is -0.508 e. The molecule has 5 rings (SSSR count). The maximum atomic E-state index is 14.0. The standard InChI is InChI=1S/C25H24N4O5/c26-24(32)18-6-3-16(28-10-8-27-14-28)12-19(18)20(11-15-1-4-17(30)5-2-15)25(33)29-9-7-22-23(29)21(31)13-34-22/h1-6,8,10,12,14,20,22-23,30H,7,9,11,13H2,(H2,26,32). The average molecular weight is 460 g/mol. The molecule has 0 spiro atoms. The molecule has 0 radical (unpaired) electrons. The van der Waals surface area contributed by atoms with Crippen LogP contribution in [0, 0.1) is 0 Å². The van der Waals surface area contributed by atoms with Gasteiger partial charge in [0.15, 0.2) is 5.78 Å². The summed E-state index contributed by atoms with van der Waals surface area (Å²) in [5.74, 6) is -1.67. The van der Waals surface area contributed by atoms with E-state index in [-0.39, 0.29) is 42.1 Å². The number of nitrogens with two attached hydrogens (primary N) is 1. The molecule has 2 saturated heterocycles. The molecule has 2 amide bonds. The number of fused-ring (bicyclic) bond motifs is 1. The van der Waals surface area contributed by atoms with E-state index < -0.39 is 17.9 Å². The molecule has 3 atom stereocenters. The van der Waals surface area contributed by atoms with Crippen molar-refractivity contribution in [2.24, 2.45) is 5.73 Å². The number of hydrogen-bond acceptors (Lipinski definition) is 6. The Morgan fingerprint density at radius 2 is 2.00 bits per heavy atom. The first-order chi connectivity index (χ1) is 16.4. The first kappa shape index (κ1) is 21.8. The van der Waals surface area contributed by atoms with Gasteiger partial charge in [-0.05, 0) is 54.3 Å². The van der Waals surface area contributed by atoms with Crippen LogP contribution in [0.25, 0.3) is 5.69 Å². The second-order valence-electron chi connectivity index (χ2n) is 8.61. The quantitative estimate of drug-likeness (QED) is 0.575. The van der Waals surface area contributed by atoms with Crippen LogP contribution in [0.3, 0.4) is 0 Å². The van der Waals surface area contributed by atoms with Crippen molar-refractivity contribution in [2.75, 3.05) is 13.2 Å². The highest BCUT2D eigenvalue weighted by molar-refractivity contribution is 5.99. The summed E-state index contributed by atoms with van der Waals surface area (Å²) >= 11 is 0. The molecular formula is C25H24N4O5. The fraction of sp³-hybridized carbons (Fsp3) is 0.280. The minimum atomic E-state index is -0.775. The Balaban J connectivity index is 1.60. The van der Waals surface area contributed by atoms with E-state index in [4.69, 9.17) is 10.5 Å². The molecule has 2 aliphatic rings. The van der Waals surface area contributed by atoms with E-state index in [1.54, 1.807) is 70.7 Å². The van der Waals surface area contributed by atoms with Crippen molar-refractivity contribution < 1.29 is 24.2 Å². The number of nitrogens with zero attached hydrogens (tertiary/aromatic N) is 3. The summed E-state index contributed by atoms with van der Waals surface area (Å²) in [6.07, 6.45) is 5.58. The zero-order valence-corrected chi connectivity index (χ0v) is 18.3. The molecule has 2 aliphatic heterocycles. The first-order valence-corrected chi connectivity index (χ1v) is 11.1. The van der Waals surface area contributed by atoms with Gasteiger partial charge in [0.1, 0.15) is 18.4 Å². The van der Waals surface area contributed by atoms with Gasteiger partial charge in [-0.25, -0.2) is 4.98 Å². The first-order valence-electron chi connectivity index (χ1n) is 11.1. The molecule has 0 saturated carbocycles. The lowest BCUT2D eigenvalue weighted by molar-refractivity contribution is -0.137. The second kappa shape index (κ2) is 8.75. The molecule has 3 N–H and O–H groups in total. The van der Waals surface area contributed by atoms with Crippen LogP contribution in [-0.4, -0.2) is 62.5 Å². The fourth-order valence-electron chi connectivity index (χ4n) is 4.87. The number of phenols is 1. The van der Waals surface area contributed by atoms with E-state index in [0.717, 1.165) is 11.3 Å². The van der Waals surface area contributed by atoms with E-state index >= 15 is 0 Å². The molecule has 9 heteroatoms. The van der Waals surface area contributed by atoms with Crippen LogP contribution in [0.4, 0.5) is 0 Å². The number of carbonyl (C=O) groups is 3. The predicted octanol–water partition coefficient (Wildman–Crippen LogP) is 1.57. The van der Waals surface area contributed by atoms with E-state index in [1.165, 1.54) is 0 Å². The number of phenolic OH excluding ortho intramolecular Hbond substituents is 1. The largest absolute Gasteiger partial charge is 0.508 e. The van der Waals surface area contributed by atoms with Gasteiger partial charge in [-0.1, -0.05) is 12.1 Å². The number of imidazole rings is 1.